The number of ether oxygens (including phenoxy) is 1. The second-order valence-electron chi connectivity index (χ2n) is 7.43. The lowest BCUT2D eigenvalue weighted by molar-refractivity contribution is 0.244. The number of aromatic nitrogens is 3. The summed E-state index contributed by atoms with van der Waals surface area (Å²) < 4.78 is 36.1. The maximum absolute atomic E-state index is 13.5. The van der Waals surface area contributed by atoms with Crippen molar-refractivity contribution < 1.29 is 13.5 Å². The molecule has 32 heavy (non-hydrogen) atoms. The van der Waals surface area contributed by atoms with Gasteiger partial charge in [-0.2, -0.15) is 0 Å². The van der Waals surface area contributed by atoms with Gasteiger partial charge in [0.05, 0.1) is 19.5 Å². The summed E-state index contributed by atoms with van der Waals surface area (Å²) in [5.41, 5.74) is 2.51. The predicted molar refractivity (Wildman–Crippen MR) is 122 cm³/mol. The molecule has 0 aliphatic rings. The number of hydrogen-bond acceptors (Lipinski definition) is 4. The molecule has 0 saturated heterocycles. The first-order valence-corrected chi connectivity index (χ1v) is 10.4. The van der Waals surface area contributed by atoms with Gasteiger partial charge in [-0.25, -0.2) is 13.5 Å². The van der Waals surface area contributed by atoms with Crippen LogP contribution < -0.4 is 4.74 Å². The van der Waals surface area contributed by atoms with E-state index in [1.807, 2.05) is 31.3 Å². The maximum atomic E-state index is 13.5. The van der Waals surface area contributed by atoms with Crippen LogP contribution in [0.4, 0.5) is 8.78 Å². The van der Waals surface area contributed by atoms with E-state index < -0.39 is 0 Å². The highest BCUT2D eigenvalue weighted by molar-refractivity contribution is 7.71. The van der Waals surface area contributed by atoms with Gasteiger partial charge in [0.25, 0.3) is 0 Å². The molecular formula is C24H22F2N4OS. The average molecular weight is 453 g/mol. The predicted octanol–water partition coefficient (Wildman–Crippen LogP) is 5.45. The molecule has 1 aromatic heterocycles. The summed E-state index contributed by atoms with van der Waals surface area (Å²) >= 11 is 5.72. The van der Waals surface area contributed by atoms with Gasteiger partial charge in [-0.1, -0.05) is 12.1 Å². The van der Waals surface area contributed by atoms with E-state index in [1.165, 1.54) is 24.3 Å². The summed E-state index contributed by atoms with van der Waals surface area (Å²) in [6.07, 6.45) is 0. The lowest BCUT2D eigenvalue weighted by atomic mass is 10.2. The van der Waals surface area contributed by atoms with E-state index in [4.69, 9.17) is 22.1 Å². The van der Waals surface area contributed by atoms with Gasteiger partial charge in [-0.3, -0.25) is 9.47 Å². The van der Waals surface area contributed by atoms with Crippen LogP contribution >= 0.6 is 12.2 Å². The van der Waals surface area contributed by atoms with E-state index in [-0.39, 0.29) is 11.6 Å². The van der Waals surface area contributed by atoms with Crippen LogP contribution in [0.3, 0.4) is 0 Å². The highest BCUT2D eigenvalue weighted by atomic mass is 32.1. The number of hydrogen-bond donors (Lipinski definition) is 0. The Labute approximate surface area is 190 Å². The third-order valence-electron chi connectivity index (χ3n) is 5.01. The average Bonchev–Trinajstić information content (AvgIpc) is 3.11. The molecule has 0 aliphatic carbocycles. The van der Waals surface area contributed by atoms with Crippen molar-refractivity contribution in [3.05, 3.63) is 94.8 Å². The lowest BCUT2D eigenvalue weighted by Gasteiger charge is -2.16. The highest BCUT2D eigenvalue weighted by Gasteiger charge is 2.16. The van der Waals surface area contributed by atoms with Crippen LogP contribution in [0.5, 0.6) is 5.75 Å². The topological polar surface area (TPSA) is 35.2 Å². The fourth-order valence-corrected chi connectivity index (χ4v) is 3.72. The molecule has 8 heteroatoms. The molecule has 0 atom stereocenters. The van der Waals surface area contributed by atoms with E-state index in [9.17, 15) is 8.78 Å². The van der Waals surface area contributed by atoms with Crippen molar-refractivity contribution in [1.29, 1.82) is 0 Å². The van der Waals surface area contributed by atoms with Crippen LogP contribution in [0, 0.1) is 16.4 Å². The number of halogens is 2. The molecule has 0 aliphatic heterocycles. The number of nitrogens with zero attached hydrogens (tertiary/aromatic N) is 4. The molecule has 4 aromatic rings. The number of methoxy groups -OCH3 is 1. The summed E-state index contributed by atoms with van der Waals surface area (Å²) in [6.45, 7) is 1.12. The molecule has 0 bridgehead atoms. The summed E-state index contributed by atoms with van der Waals surface area (Å²) in [5.74, 6) is 0.689. The zero-order chi connectivity index (χ0) is 22.7. The van der Waals surface area contributed by atoms with E-state index in [0.29, 0.717) is 35.1 Å². The molecule has 0 amide bonds. The van der Waals surface area contributed by atoms with E-state index in [0.717, 1.165) is 11.3 Å². The summed E-state index contributed by atoms with van der Waals surface area (Å²) in [5, 5.41) is 4.72. The normalized spacial score (nSPS) is 11.2. The second kappa shape index (κ2) is 9.42. The number of benzene rings is 3. The second-order valence-corrected chi connectivity index (χ2v) is 7.79. The summed E-state index contributed by atoms with van der Waals surface area (Å²) in [4.78, 5) is 2.08. The molecule has 0 spiro atoms. The van der Waals surface area contributed by atoms with Gasteiger partial charge in [-0.15, -0.1) is 5.10 Å². The molecular weight excluding hydrogens is 430 g/mol. The molecule has 0 saturated carbocycles. The van der Waals surface area contributed by atoms with E-state index >= 15 is 0 Å². The Bertz CT molecular complexity index is 1250. The SMILES string of the molecule is COc1ccc(CN(C)Cn2nc(-c3ccc(F)cc3)n(-c3ccc(F)cc3)c2=S)cc1. The minimum Gasteiger partial charge on any atom is -0.497 e. The fraction of sp³-hybridized carbons (Fsp3) is 0.167. The summed E-state index contributed by atoms with van der Waals surface area (Å²) in [7, 11) is 3.61. The first-order valence-electron chi connectivity index (χ1n) is 9.98. The van der Waals surface area contributed by atoms with Crippen molar-refractivity contribution in [2.45, 2.75) is 13.2 Å². The monoisotopic (exact) mass is 452 g/mol. The van der Waals surface area contributed by atoms with Crippen molar-refractivity contribution in [1.82, 2.24) is 19.2 Å². The van der Waals surface area contributed by atoms with E-state index in [2.05, 4.69) is 4.90 Å². The fourth-order valence-electron chi connectivity index (χ4n) is 3.43. The van der Waals surface area contributed by atoms with Gasteiger partial charge in [0.1, 0.15) is 17.4 Å². The lowest BCUT2D eigenvalue weighted by Crippen LogP contribution is -2.22. The Morgan fingerprint density at radius 2 is 1.50 bits per heavy atom. The largest absolute Gasteiger partial charge is 0.497 e. The Hall–Kier alpha value is -3.36. The summed E-state index contributed by atoms with van der Waals surface area (Å²) in [6, 6.07) is 20.0. The van der Waals surface area contributed by atoms with E-state index in [1.54, 1.807) is 40.6 Å². The molecule has 1 heterocycles. The van der Waals surface area contributed by atoms with Crippen LogP contribution in [-0.2, 0) is 13.2 Å². The Kier molecular flexibility index (Phi) is 6.43. The van der Waals surface area contributed by atoms with Crippen LogP contribution in [0.25, 0.3) is 17.1 Å². The zero-order valence-corrected chi connectivity index (χ0v) is 18.5. The molecule has 0 fully saturated rings. The van der Waals surface area contributed by atoms with Crippen molar-refractivity contribution in [3.63, 3.8) is 0 Å². The van der Waals surface area contributed by atoms with Gasteiger partial charge >= 0.3 is 0 Å². The highest BCUT2D eigenvalue weighted by Crippen LogP contribution is 2.24. The van der Waals surface area contributed by atoms with Crippen LogP contribution in [0.1, 0.15) is 5.56 Å². The van der Waals surface area contributed by atoms with Crippen molar-refractivity contribution in [2.75, 3.05) is 14.2 Å². The molecule has 0 radical (unpaired) electrons. The maximum Gasteiger partial charge on any atom is 0.204 e. The van der Waals surface area contributed by atoms with Crippen LogP contribution in [0.2, 0.25) is 0 Å². The van der Waals surface area contributed by atoms with Gasteiger partial charge in [0, 0.05) is 12.1 Å². The Morgan fingerprint density at radius 3 is 2.09 bits per heavy atom. The third kappa shape index (κ3) is 4.76. The molecule has 4 rings (SSSR count). The first-order chi connectivity index (χ1) is 15.4. The van der Waals surface area contributed by atoms with Gasteiger partial charge in [0.2, 0.25) is 4.77 Å². The molecule has 0 N–H and O–H groups in total. The van der Waals surface area contributed by atoms with Gasteiger partial charge < -0.3 is 4.74 Å². The van der Waals surface area contributed by atoms with Gasteiger partial charge in [0.15, 0.2) is 5.82 Å². The molecule has 5 nitrogen and oxygen atoms in total. The Morgan fingerprint density at radius 1 is 0.906 bits per heavy atom. The van der Waals surface area contributed by atoms with Crippen molar-refractivity contribution >= 4 is 12.2 Å². The van der Waals surface area contributed by atoms with Gasteiger partial charge in [-0.05, 0) is 85.5 Å². The molecule has 164 valence electrons. The molecule has 3 aromatic carbocycles. The minimum atomic E-state index is -0.338. The van der Waals surface area contributed by atoms with Crippen LogP contribution in [-0.4, -0.2) is 33.4 Å². The Balaban J connectivity index is 1.67. The van der Waals surface area contributed by atoms with Crippen LogP contribution in [0.15, 0.2) is 72.8 Å². The molecule has 0 unspecified atom stereocenters. The standard InChI is InChI=1S/C24H22F2N4OS/c1-28(15-17-3-13-22(31-2)14-4-17)16-29-24(32)30(21-11-9-20(26)10-12-21)23(27-29)18-5-7-19(25)8-6-18/h3-14H,15-16H2,1-2H3. The smallest absolute Gasteiger partial charge is 0.204 e. The third-order valence-corrected chi connectivity index (χ3v) is 5.41. The van der Waals surface area contributed by atoms with Crippen molar-refractivity contribution in [2.24, 2.45) is 0 Å². The number of rotatable bonds is 7. The first kappa shape index (κ1) is 21.9. The zero-order valence-electron chi connectivity index (χ0n) is 17.7. The quantitative estimate of drug-likeness (QED) is 0.350. The minimum absolute atomic E-state index is 0.334. The van der Waals surface area contributed by atoms with Crippen molar-refractivity contribution in [3.8, 4) is 22.8 Å².